The average molecular weight is 302 g/mol. The van der Waals surface area contributed by atoms with Crippen molar-refractivity contribution in [3.8, 4) is 0 Å². The molecule has 0 radical (unpaired) electrons. The Labute approximate surface area is 128 Å². The SMILES string of the molecule is CCOC(=O)c1cn(CC(=O)Nc2cc(C)cc(C)c2)nn1. The van der Waals surface area contributed by atoms with Crippen molar-refractivity contribution in [3.63, 3.8) is 0 Å². The highest BCUT2D eigenvalue weighted by molar-refractivity contribution is 5.91. The predicted octanol–water partition coefficient (Wildman–Crippen LogP) is 1.71. The summed E-state index contributed by atoms with van der Waals surface area (Å²) in [7, 11) is 0. The zero-order valence-corrected chi connectivity index (χ0v) is 12.8. The van der Waals surface area contributed by atoms with Crippen molar-refractivity contribution in [3.05, 3.63) is 41.2 Å². The van der Waals surface area contributed by atoms with Gasteiger partial charge >= 0.3 is 5.97 Å². The molecule has 0 unspecified atom stereocenters. The van der Waals surface area contributed by atoms with Gasteiger partial charge in [0.25, 0.3) is 0 Å². The van der Waals surface area contributed by atoms with Crippen molar-refractivity contribution < 1.29 is 14.3 Å². The molecule has 1 aromatic carbocycles. The van der Waals surface area contributed by atoms with Crippen LogP contribution in [0.4, 0.5) is 5.69 Å². The maximum Gasteiger partial charge on any atom is 0.360 e. The Kier molecular flexibility index (Phi) is 4.88. The quantitative estimate of drug-likeness (QED) is 0.850. The van der Waals surface area contributed by atoms with Crippen molar-refractivity contribution in [2.75, 3.05) is 11.9 Å². The van der Waals surface area contributed by atoms with Crippen LogP contribution < -0.4 is 5.32 Å². The summed E-state index contributed by atoms with van der Waals surface area (Å²) in [6.07, 6.45) is 1.39. The van der Waals surface area contributed by atoms with E-state index in [0.29, 0.717) is 0 Å². The third kappa shape index (κ3) is 4.15. The topological polar surface area (TPSA) is 86.1 Å². The van der Waals surface area contributed by atoms with Gasteiger partial charge in [0.15, 0.2) is 5.69 Å². The molecule has 1 amide bonds. The second-order valence-corrected chi connectivity index (χ2v) is 4.95. The molecular weight excluding hydrogens is 284 g/mol. The van der Waals surface area contributed by atoms with Crippen molar-refractivity contribution in [2.24, 2.45) is 0 Å². The molecule has 2 rings (SSSR count). The Morgan fingerprint density at radius 1 is 1.23 bits per heavy atom. The van der Waals surface area contributed by atoms with Gasteiger partial charge in [0.05, 0.1) is 12.8 Å². The minimum absolute atomic E-state index is 0.0284. The van der Waals surface area contributed by atoms with E-state index in [4.69, 9.17) is 4.74 Å². The molecule has 7 nitrogen and oxygen atoms in total. The molecule has 0 spiro atoms. The number of aromatic nitrogens is 3. The molecule has 7 heteroatoms. The maximum absolute atomic E-state index is 12.0. The lowest BCUT2D eigenvalue weighted by atomic mass is 10.1. The highest BCUT2D eigenvalue weighted by Crippen LogP contribution is 2.13. The normalized spacial score (nSPS) is 10.3. The van der Waals surface area contributed by atoms with Gasteiger partial charge in [-0.15, -0.1) is 5.10 Å². The molecule has 116 valence electrons. The van der Waals surface area contributed by atoms with E-state index in [1.807, 2.05) is 32.0 Å². The van der Waals surface area contributed by atoms with E-state index in [-0.39, 0.29) is 24.8 Å². The smallest absolute Gasteiger partial charge is 0.360 e. The van der Waals surface area contributed by atoms with Gasteiger partial charge in [-0.3, -0.25) is 4.79 Å². The summed E-state index contributed by atoms with van der Waals surface area (Å²) in [6.45, 7) is 5.87. The fourth-order valence-corrected chi connectivity index (χ4v) is 2.07. The van der Waals surface area contributed by atoms with E-state index in [2.05, 4.69) is 15.6 Å². The lowest BCUT2D eigenvalue weighted by Crippen LogP contribution is -2.19. The molecule has 2 aromatic rings. The van der Waals surface area contributed by atoms with Crippen LogP contribution in [-0.2, 0) is 16.1 Å². The van der Waals surface area contributed by atoms with Gasteiger partial charge in [0, 0.05) is 5.69 Å². The summed E-state index contributed by atoms with van der Waals surface area (Å²) < 4.78 is 6.11. The minimum atomic E-state index is -0.552. The number of aryl methyl sites for hydroxylation is 2. The second kappa shape index (κ2) is 6.84. The number of nitrogens with zero attached hydrogens (tertiary/aromatic N) is 3. The van der Waals surface area contributed by atoms with E-state index < -0.39 is 5.97 Å². The number of anilines is 1. The van der Waals surface area contributed by atoms with Gasteiger partial charge in [0.1, 0.15) is 6.54 Å². The number of esters is 1. The van der Waals surface area contributed by atoms with Crippen molar-refractivity contribution in [1.82, 2.24) is 15.0 Å². The molecule has 0 bridgehead atoms. The zero-order chi connectivity index (χ0) is 16.1. The Morgan fingerprint density at radius 3 is 2.55 bits per heavy atom. The standard InChI is InChI=1S/C15H18N4O3/c1-4-22-15(21)13-8-19(18-17-13)9-14(20)16-12-6-10(2)5-11(3)7-12/h5-8H,4,9H2,1-3H3,(H,16,20). The van der Waals surface area contributed by atoms with Crippen LogP contribution in [0, 0.1) is 13.8 Å². The summed E-state index contributed by atoms with van der Waals surface area (Å²) in [5.41, 5.74) is 2.95. The molecule has 0 aliphatic heterocycles. The van der Waals surface area contributed by atoms with Crippen LogP contribution in [0.2, 0.25) is 0 Å². The van der Waals surface area contributed by atoms with E-state index >= 15 is 0 Å². The largest absolute Gasteiger partial charge is 0.461 e. The summed E-state index contributed by atoms with van der Waals surface area (Å²) in [5, 5.41) is 10.2. The Balaban J connectivity index is 1.98. The molecule has 0 fully saturated rings. The minimum Gasteiger partial charge on any atom is -0.461 e. The third-order valence-electron chi connectivity index (χ3n) is 2.83. The van der Waals surface area contributed by atoms with Crippen molar-refractivity contribution >= 4 is 17.6 Å². The molecule has 1 N–H and O–H groups in total. The number of carbonyl (C=O) groups excluding carboxylic acids is 2. The number of rotatable bonds is 5. The predicted molar refractivity (Wildman–Crippen MR) is 80.5 cm³/mol. The van der Waals surface area contributed by atoms with Gasteiger partial charge in [-0.25, -0.2) is 9.48 Å². The molecule has 0 saturated carbocycles. The first-order valence-corrected chi connectivity index (χ1v) is 6.93. The number of hydrogen-bond acceptors (Lipinski definition) is 5. The zero-order valence-electron chi connectivity index (χ0n) is 12.8. The van der Waals surface area contributed by atoms with Crippen LogP contribution in [0.5, 0.6) is 0 Å². The van der Waals surface area contributed by atoms with E-state index in [0.717, 1.165) is 16.8 Å². The molecule has 0 saturated heterocycles. The number of nitrogens with one attached hydrogen (secondary N) is 1. The summed E-state index contributed by atoms with van der Waals surface area (Å²) in [4.78, 5) is 23.5. The molecule has 0 aliphatic rings. The molecule has 1 heterocycles. The van der Waals surface area contributed by atoms with Gasteiger partial charge in [-0.2, -0.15) is 0 Å². The summed E-state index contributed by atoms with van der Waals surface area (Å²) in [6, 6.07) is 5.80. The van der Waals surface area contributed by atoms with Gasteiger partial charge in [-0.1, -0.05) is 11.3 Å². The van der Waals surface area contributed by atoms with Crippen molar-refractivity contribution in [1.29, 1.82) is 0 Å². The molecule has 1 aromatic heterocycles. The van der Waals surface area contributed by atoms with Crippen LogP contribution in [-0.4, -0.2) is 33.5 Å². The van der Waals surface area contributed by atoms with Crippen LogP contribution in [0.25, 0.3) is 0 Å². The highest BCUT2D eigenvalue weighted by atomic mass is 16.5. The first-order valence-electron chi connectivity index (χ1n) is 6.93. The lowest BCUT2D eigenvalue weighted by Gasteiger charge is -2.07. The number of benzene rings is 1. The first kappa shape index (κ1) is 15.7. The monoisotopic (exact) mass is 302 g/mol. The fraction of sp³-hybridized carbons (Fsp3) is 0.333. The Bertz CT molecular complexity index is 674. The van der Waals surface area contributed by atoms with E-state index in [1.54, 1.807) is 6.92 Å². The Morgan fingerprint density at radius 2 is 1.91 bits per heavy atom. The van der Waals surface area contributed by atoms with Gasteiger partial charge < -0.3 is 10.1 Å². The molecule has 22 heavy (non-hydrogen) atoms. The van der Waals surface area contributed by atoms with E-state index in [1.165, 1.54) is 10.9 Å². The summed E-state index contributed by atoms with van der Waals surface area (Å²) in [5.74, 6) is -0.797. The van der Waals surface area contributed by atoms with Crippen LogP contribution in [0.15, 0.2) is 24.4 Å². The molecular formula is C15H18N4O3. The average Bonchev–Trinajstić information content (AvgIpc) is 2.86. The second-order valence-electron chi connectivity index (χ2n) is 4.95. The van der Waals surface area contributed by atoms with Crippen LogP contribution in [0.3, 0.4) is 0 Å². The number of hydrogen-bond donors (Lipinski definition) is 1. The highest BCUT2D eigenvalue weighted by Gasteiger charge is 2.13. The van der Waals surface area contributed by atoms with Crippen LogP contribution >= 0.6 is 0 Å². The third-order valence-corrected chi connectivity index (χ3v) is 2.83. The molecule has 0 aliphatic carbocycles. The Hall–Kier alpha value is -2.70. The lowest BCUT2D eigenvalue weighted by molar-refractivity contribution is -0.116. The van der Waals surface area contributed by atoms with E-state index in [9.17, 15) is 9.59 Å². The number of ether oxygens (including phenoxy) is 1. The van der Waals surface area contributed by atoms with Crippen LogP contribution in [0.1, 0.15) is 28.5 Å². The van der Waals surface area contributed by atoms with Crippen molar-refractivity contribution in [2.45, 2.75) is 27.3 Å². The number of carbonyl (C=O) groups is 2. The molecule has 0 atom stereocenters. The summed E-state index contributed by atoms with van der Waals surface area (Å²) >= 11 is 0. The first-order chi connectivity index (χ1) is 10.5. The number of amides is 1. The fourth-order valence-electron chi connectivity index (χ4n) is 2.07. The maximum atomic E-state index is 12.0. The van der Waals surface area contributed by atoms with Gasteiger partial charge in [-0.05, 0) is 44.0 Å². The van der Waals surface area contributed by atoms with Gasteiger partial charge in [0.2, 0.25) is 5.91 Å².